The maximum atomic E-state index is 13.6. The van der Waals surface area contributed by atoms with Crippen molar-refractivity contribution in [1.29, 1.82) is 0 Å². The van der Waals surface area contributed by atoms with Gasteiger partial charge in [0.15, 0.2) is 11.9 Å². The molecular formula is C30H43ClN10O4. The van der Waals surface area contributed by atoms with Crippen molar-refractivity contribution in [3.05, 3.63) is 70.2 Å². The number of nitrogens with one attached hydrogen (secondary N) is 3. The van der Waals surface area contributed by atoms with E-state index in [9.17, 15) is 19.2 Å². The van der Waals surface area contributed by atoms with E-state index in [0.717, 1.165) is 0 Å². The van der Waals surface area contributed by atoms with Crippen LogP contribution in [0.1, 0.15) is 54.6 Å². The van der Waals surface area contributed by atoms with E-state index in [2.05, 4.69) is 25.9 Å². The summed E-state index contributed by atoms with van der Waals surface area (Å²) < 4.78 is 0. The number of carbonyl (C=O) groups excluding carboxylic acids is 4. The number of carbonyl (C=O) groups is 4. The van der Waals surface area contributed by atoms with Crippen LogP contribution in [0, 0.1) is 5.92 Å². The molecule has 0 heterocycles. The van der Waals surface area contributed by atoms with Gasteiger partial charge in [-0.2, -0.15) is 0 Å². The molecule has 14 nitrogen and oxygen atoms in total. The van der Waals surface area contributed by atoms with Crippen molar-refractivity contribution in [3.8, 4) is 0 Å². The molecule has 0 aliphatic rings. The first-order valence-electron chi connectivity index (χ1n) is 14.4. The Balaban J connectivity index is 2.24. The molecule has 244 valence electrons. The normalized spacial score (nSPS) is 12.7. The predicted molar refractivity (Wildman–Crippen MR) is 175 cm³/mol. The van der Waals surface area contributed by atoms with Gasteiger partial charge in [-0.1, -0.05) is 49.7 Å². The lowest BCUT2D eigenvalue weighted by Gasteiger charge is -2.26. The Labute approximate surface area is 267 Å². The van der Waals surface area contributed by atoms with Crippen LogP contribution >= 0.6 is 11.6 Å². The fourth-order valence-corrected chi connectivity index (χ4v) is 4.59. The van der Waals surface area contributed by atoms with E-state index in [1.165, 1.54) is 0 Å². The average molecular weight is 643 g/mol. The SMILES string of the molecule is CC(C)C[C@H](NC(=O)[C@H](CCCN=C(N)N)NC(=O)c1cccc(CN=C(N)N)c1)C(=O)N[C@@H](Cc1cccc(Cl)c1)C(N)=O. The number of nitrogens with zero attached hydrogens (tertiary/aromatic N) is 2. The Morgan fingerprint density at radius 2 is 1.40 bits per heavy atom. The highest BCUT2D eigenvalue weighted by atomic mass is 35.5. The molecule has 0 unspecified atom stereocenters. The number of amides is 4. The summed E-state index contributed by atoms with van der Waals surface area (Å²) in [6, 6.07) is 10.3. The molecule has 0 saturated heterocycles. The third kappa shape index (κ3) is 13.5. The largest absolute Gasteiger partial charge is 0.370 e. The minimum absolute atomic E-state index is 0.0103. The Hall–Kier alpha value is -4.85. The van der Waals surface area contributed by atoms with E-state index < -0.39 is 41.8 Å². The quantitative estimate of drug-likeness (QED) is 0.0660. The summed E-state index contributed by atoms with van der Waals surface area (Å²) in [4.78, 5) is 60.3. The molecule has 0 fully saturated rings. The Kier molecular flexibility index (Phi) is 14.6. The number of nitrogens with two attached hydrogens (primary N) is 5. The van der Waals surface area contributed by atoms with Crippen LogP contribution in [0.2, 0.25) is 5.02 Å². The van der Waals surface area contributed by atoms with Crippen LogP contribution in [0.3, 0.4) is 0 Å². The summed E-state index contributed by atoms with van der Waals surface area (Å²) in [5, 5.41) is 8.62. The summed E-state index contributed by atoms with van der Waals surface area (Å²) >= 11 is 6.06. The van der Waals surface area contributed by atoms with Gasteiger partial charge in [-0.05, 0) is 60.6 Å². The molecule has 2 aromatic carbocycles. The number of hydrogen-bond acceptors (Lipinski definition) is 6. The lowest BCUT2D eigenvalue weighted by atomic mass is 10.00. The van der Waals surface area contributed by atoms with Crippen LogP contribution in [-0.4, -0.2) is 60.2 Å². The van der Waals surface area contributed by atoms with Gasteiger partial charge in [-0.15, -0.1) is 0 Å². The van der Waals surface area contributed by atoms with E-state index in [1.807, 2.05) is 13.8 Å². The van der Waals surface area contributed by atoms with E-state index >= 15 is 0 Å². The number of benzene rings is 2. The third-order valence-electron chi connectivity index (χ3n) is 6.53. The average Bonchev–Trinajstić information content (AvgIpc) is 2.96. The van der Waals surface area contributed by atoms with Gasteiger partial charge in [0.2, 0.25) is 17.7 Å². The van der Waals surface area contributed by atoms with E-state index in [4.69, 9.17) is 40.3 Å². The zero-order chi connectivity index (χ0) is 33.5. The first kappa shape index (κ1) is 36.3. The number of halogens is 1. The lowest BCUT2D eigenvalue weighted by Crippen LogP contribution is -2.57. The van der Waals surface area contributed by atoms with Crippen molar-refractivity contribution in [2.75, 3.05) is 6.54 Å². The monoisotopic (exact) mass is 642 g/mol. The standard InChI is InChI=1S/C30H43ClN10O4/c1-17(2)12-24(28(45)40-23(25(32)42)15-18-6-4-9-21(31)14-18)41-27(44)22(10-5-11-37-29(33)34)39-26(43)20-8-3-7-19(13-20)16-38-30(35)36/h3-4,6-9,13-14,17,22-24H,5,10-12,15-16H2,1-2H3,(H2,32,42)(H,39,43)(H,40,45)(H,41,44)(H4,33,34,37)(H4,35,36,38)/t22-,23-,24-/m0/s1. The number of guanidine groups is 2. The smallest absolute Gasteiger partial charge is 0.251 e. The maximum absolute atomic E-state index is 13.6. The molecule has 45 heavy (non-hydrogen) atoms. The number of rotatable bonds is 17. The molecule has 0 aromatic heterocycles. The Bertz CT molecular complexity index is 1390. The first-order chi connectivity index (χ1) is 21.2. The van der Waals surface area contributed by atoms with Crippen LogP contribution in [-0.2, 0) is 27.3 Å². The van der Waals surface area contributed by atoms with Gasteiger partial charge in [0.1, 0.15) is 18.1 Å². The highest BCUT2D eigenvalue weighted by Gasteiger charge is 2.30. The highest BCUT2D eigenvalue weighted by molar-refractivity contribution is 6.30. The molecule has 4 amide bonds. The summed E-state index contributed by atoms with van der Waals surface area (Å²) in [6.45, 7) is 4.15. The van der Waals surface area contributed by atoms with E-state index in [0.29, 0.717) is 22.6 Å². The number of aliphatic imine (C=N–C) groups is 2. The molecule has 2 aromatic rings. The van der Waals surface area contributed by atoms with Crippen molar-refractivity contribution in [2.45, 2.75) is 64.2 Å². The zero-order valence-electron chi connectivity index (χ0n) is 25.5. The highest BCUT2D eigenvalue weighted by Crippen LogP contribution is 2.14. The summed E-state index contributed by atoms with van der Waals surface area (Å²) in [7, 11) is 0. The molecular weight excluding hydrogens is 600 g/mol. The summed E-state index contributed by atoms with van der Waals surface area (Å²) in [5.41, 5.74) is 28.9. The van der Waals surface area contributed by atoms with Gasteiger partial charge in [0.25, 0.3) is 5.91 Å². The van der Waals surface area contributed by atoms with E-state index in [1.54, 1.807) is 48.5 Å². The molecule has 0 aliphatic carbocycles. The molecule has 15 heteroatoms. The van der Waals surface area contributed by atoms with Crippen LogP contribution in [0.5, 0.6) is 0 Å². The van der Waals surface area contributed by atoms with Gasteiger partial charge in [-0.25, -0.2) is 4.99 Å². The van der Waals surface area contributed by atoms with Crippen molar-refractivity contribution >= 4 is 47.1 Å². The molecule has 2 rings (SSSR count). The van der Waals surface area contributed by atoms with Crippen LogP contribution < -0.4 is 44.6 Å². The predicted octanol–water partition coefficient (Wildman–Crippen LogP) is 0.00910. The second-order valence-corrected chi connectivity index (χ2v) is 11.3. The lowest BCUT2D eigenvalue weighted by molar-refractivity contribution is -0.132. The number of hydrogen-bond donors (Lipinski definition) is 8. The minimum Gasteiger partial charge on any atom is -0.370 e. The van der Waals surface area contributed by atoms with Gasteiger partial charge in [0, 0.05) is 23.6 Å². The third-order valence-corrected chi connectivity index (χ3v) is 6.76. The van der Waals surface area contributed by atoms with Gasteiger partial charge in [-0.3, -0.25) is 24.2 Å². The van der Waals surface area contributed by atoms with Gasteiger partial charge >= 0.3 is 0 Å². The minimum atomic E-state index is -1.05. The van der Waals surface area contributed by atoms with Gasteiger partial charge < -0.3 is 44.6 Å². The molecule has 0 aliphatic heterocycles. The van der Waals surface area contributed by atoms with Gasteiger partial charge in [0.05, 0.1) is 6.54 Å². The molecule has 13 N–H and O–H groups in total. The van der Waals surface area contributed by atoms with Crippen molar-refractivity contribution in [2.24, 2.45) is 44.6 Å². The topological polar surface area (TPSA) is 259 Å². The fraction of sp³-hybridized carbons (Fsp3) is 0.400. The molecule has 0 bridgehead atoms. The second kappa shape index (κ2) is 18.1. The summed E-state index contributed by atoms with van der Waals surface area (Å²) in [6.07, 6.45) is 0.874. The Morgan fingerprint density at radius 3 is 2.02 bits per heavy atom. The second-order valence-electron chi connectivity index (χ2n) is 10.9. The van der Waals surface area contributed by atoms with E-state index in [-0.39, 0.29) is 55.8 Å². The molecule has 0 radical (unpaired) electrons. The summed E-state index contributed by atoms with van der Waals surface area (Å²) in [5.74, 6) is -2.67. The number of primary amides is 1. The Morgan fingerprint density at radius 1 is 0.778 bits per heavy atom. The van der Waals surface area contributed by atoms with Crippen LogP contribution in [0.4, 0.5) is 0 Å². The van der Waals surface area contributed by atoms with Crippen LogP contribution in [0.15, 0.2) is 58.5 Å². The molecule has 3 atom stereocenters. The first-order valence-corrected chi connectivity index (χ1v) is 14.8. The maximum Gasteiger partial charge on any atom is 0.251 e. The van der Waals surface area contributed by atoms with Crippen molar-refractivity contribution < 1.29 is 19.2 Å². The van der Waals surface area contributed by atoms with Crippen molar-refractivity contribution in [1.82, 2.24) is 16.0 Å². The molecule has 0 saturated carbocycles. The van der Waals surface area contributed by atoms with Crippen LogP contribution in [0.25, 0.3) is 0 Å². The zero-order valence-corrected chi connectivity index (χ0v) is 26.2. The molecule has 0 spiro atoms. The fourth-order valence-electron chi connectivity index (χ4n) is 4.38. The van der Waals surface area contributed by atoms with Crippen molar-refractivity contribution in [3.63, 3.8) is 0 Å².